The summed E-state index contributed by atoms with van der Waals surface area (Å²) in [5.41, 5.74) is 2.72. The number of fused-ring (bicyclic) bond motifs is 1. The molecule has 1 aromatic heterocycles. The highest BCUT2D eigenvalue weighted by molar-refractivity contribution is 6.39. The van der Waals surface area contributed by atoms with E-state index in [0.29, 0.717) is 17.2 Å². The van der Waals surface area contributed by atoms with Gasteiger partial charge in [-0.05, 0) is 48.9 Å². The fourth-order valence-corrected chi connectivity index (χ4v) is 3.63. The standard InChI is InChI=1S/C23H17N3O5/c1-14-5-2-3-7-18(14)25-10-4-6-15(25)11-17-21(27)24-23(29)26(22(17)28)16-8-9-19-20(12-16)31-13-30-19/h2-12H,13H2,1H3,(H,24,27,29)/b17-11+. The smallest absolute Gasteiger partial charge is 0.335 e. The van der Waals surface area contributed by atoms with E-state index in [9.17, 15) is 14.4 Å². The lowest BCUT2D eigenvalue weighted by atomic mass is 10.1. The summed E-state index contributed by atoms with van der Waals surface area (Å²) in [5, 5.41) is 2.24. The van der Waals surface area contributed by atoms with Crippen molar-refractivity contribution < 1.29 is 23.9 Å². The van der Waals surface area contributed by atoms with Gasteiger partial charge in [-0.3, -0.25) is 14.9 Å². The molecule has 5 rings (SSSR count). The summed E-state index contributed by atoms with van der Waals surface area (Å²) < 4.78 is 12.5. The van der Waals surface area contributed by atoms with Gasteiger partial charge in [-0.15, -0.1) is 0 Å². The summed E-state index contributed by atoms with van der Waals surface area (Å²) in [7, 11) is 0. The number of nitrogens with one attached hydrogen (secondary N) is 1. The monoisotopic (exact) mass is 415 g/mol. The van der Waals surface area contributed by atoms with E-state index < -0.39 is 17.8 Å². The maximum atomic E-state index is 13.2. The van der Waals surface area contributed by atoms with E-state index in [0.717, 1.165) is 16.2 Å². The maximum absolute atomic E-state index is 13.2. The van der Waals surface area contributed by atoms with Crippen molar-refractivity contribution in [1.29, 1.82) is 0 Å². The largest absolute Gasteiger partial charge is 0.454 e. The second-order valence-corrected chi connectivity index (χ2v) is 7.08. The lowest BCUT2D eigenvalue weighted by Crippen LogP contribution is -2.54. The first-order valence-electron chi connectivity index (χ1n) is 9.57. The van der Waals surface area contributed by atoms with E-state index in [1.54, 1.807) is 18.2 Å². The van der Waals surface area contributed by atoms with Crippen LogP contribution < -0.4 is 19.7 Å². The highest BCUT2D eigenvalue weighted by atomic mass is 16.7. The molecule has 8 heteroatoms. The number of carbonyl (C=O) groups is 3. The topological polar surface area (TPSA) is 89.9 Å². The number of ether oxygens (including phenoxy) is 2. The molecule has 1 N–H and O–H groups in total. The Kier molecular flexibility index (Phi) is 4.32. The molecule has 154 valence electrons. The molecule has 31 heavy (non-hydrogen) atoms. The lowest BCUT2D eigenvalue weighted by molar-refractivity contribution is -0.122. The number of barbiturate groups is 1. The number of anilines is 1. The Morgan fingerprint density at radius 2 is 1.77 bits per heavy atom. The zero-order valence-electron chi connectivity index (χ0n) is 16.5. The molecule has 2 aliphatic heterocycles. The average Bonchev–Trinajstić information content (AvgIpc) is 3.40. The van der Waals surface area contributed by atoms with Crippen LogP contribution in [0.4, 0.5) is 10.5 Å². The highest BCUT2D eigenvalue weighted by Crippen LogP contribution is 2.36. The van der Waals surface area contributed by atoms with Crippen molar-refractivity contribution in [3.8, 4) is 17.2 Å². The molecule has 2 aliphatic rings. The van der Waals surface area contributed by atoms with Crippen molar-refractivity contribution in [1.82, 2.24) is 9.88 Å². The number of urea groups is 1. The minimum atomic E-state index is -0.819. The van der Waals surface area contributed by atoms with E-state index in [1.807, 2.05) is 48.0 Å². The van der Waals surface area contributed by atoms with Gasteiger partial charge in [0.1, 0.15) is 5.57 Å². The number of carbonyl (C=O) groups excluding carboxylic acids is 3. The lowest BCUT2D eigenvalue weighted by Gasteiger charge is -2.26. The van der Waals surface area contributed by atoms with Crippen LogP contribution in [0.3, 0.4) is 0 Å². The Balaban J connectivity index is 1.55. The van der Waals surface area contributed by atoms with Crippen molar-refractivity contribution in [2.75, 3.05) is 11.7 Å². The number of hydrogen-bond acceptors (Lipinski definition) is 5. The van der Waals surface area contributed by atoms with Crippen LogP contribution in [0, 0.1) is 6.92 Å². The minimum absolute atomic E-state index is 0.0679. The summed E-state index contributed by atoms with van der Waals surface area (Å²) in [6.07, 6.45) is 3.33. The summed E-state index contributed by atoms with van der Waals surface area (Å²) in [4.78, 5) is 39.1. The third-order valence-electron chi connectivity index (χ3n) is 5.16. The molecule has 0 unspecified atom stereocenters. The molecule has 4 amide bonds. The third-order valence-corrected chi connectivity index (χ3v) is 5.16. The Morgan fingerprint density at radius 1 is 0.968 bits per heavy atom. The first kappa shape index (κ1) is 18.7. The molecule has 0 radical (unpaired) electrons. The number of rotatable bonds is 3. The average molecular weight is 415 g/mol. The van der Waals surface area contributed by atoms with Crippen LogP contribution in [-0.4, -0.2) is 29.2 Å². The Hall–Kier alpha value is -4.33. The van der Waals surface area contributed by atoms with Gasteiger partial charge in [-0.2, -0.15) is 0 Å². The Bertz CT molecular complexity index is 1270. The van der Waals surface area contributed by atoms with Crippen LogP contribution in [0.1, 0.15) is 11.3 Å². The fourth-order valence-electron chi connectivity index (χ4n) is 3.63. The number of imide groups is 2. The van der Waals surface area contributed by atoms with Crippen LogP contribution in [0.2, 0.25) is 0 Å². The van der Waals surface area contributed by atoms with Gasteiger partial charge >= 0.3 is 6.03 Å². The van der Waals surface area contributed by atoms with Crippen LogP contribution >= 0.6 is 0 Å². The normalized spacial score (nSPS) is 16.7. The van der Waals surface area contributed by atoms with Crippen molar-refractivity contribution in [2.45, 2.75) is 6.92 Å². The molecule has 1 saturated heterocycles. The van der Waals surface area contributed by atoms with Gasteiger partial charge in [0, 0.05) is 23.6 Å². The molecule has 0 spiro atoms. The van der Waals surface area contributed by atoms with Gasteiger partial charge in [-0.1, -0.05) is 18.2 Å². The zero-order valence-corrected chi connectivity index (χ0v) is 16.5. The number of nitrogens with zero attached hydrogens (tertiary/aromatic N) is 2. The molecule has 0 saturated carbocycles. The first-order valence-corrected chi connectivity index (χ1v) is 9.57. The molecule has 3 aromatic rings. The maximum Gasteiger partial charge on any atom is 0.335 e. The summed E-state index contributed by atoms with van der Waals surface area (Å²) >= 11 is 0. The SMILES string of the molecule is Cc1ccccc1-n1cccc1/C=C1\C(=O)NC(=O)N(c2ccc3c(c2)OCO3)C1=O. The second-order valence-electron chi connectivity index (χ2n) is 7.08. The molecule has 8 nitrogen and oxygen atoms in total. The zero-order chi connectivity index (χ0) is 21.5. The van der Waals surface area contributed by atoms with Gasteiger partial charge in [0.2, 0.25) is 6.79 Å². The van der Waals surface area contributed by atoms with E-state index in [-0.39, 0.29) is 18.1 Å². The summed E-state index contributed by atoms with van der Waals surface area (Å²) in [6.45, 7) is 2.04. The van der Waals surface area contributed by atoms with Gasteiger partial charge < -0.3 is 14.0 Å². The number of aromatic nitrogens is 1. The predicted molar refractivity (Wildman–Crippen MR) is 112 cm³/mol. The molecule has 0 bridgehead atoms. The number of hydrogen-bond donors (Lipinski definition) is 1. The van der Waals surface area contributed by atoms with Gasteiger partial charge in [-0.25, -0.2) is 9.69 Å². The Labute approximate surface area is 177 Å². The minimum Gasteiger partial charge on any atom is -0.454 e. The van der Waals surface area contributed by atoms with E-state index in [4.69, 9.17) is 9.47 Å². The molecule has 0 atom stereocenters. The van der Waals surface area contributed by atoms with E-state index in [2.05, 4.69) is 5.32 Å². The van der Waals surface area contributed by atoms with Crippen molar-refractivity contribution in [3.63, 3.8) is 0 Å². The highest BCUT2D eigenvalue weighted by Gasteiger charge is 2.37. The molecule has 3 heterocycles. The molecule has 1 fully saturated rings. The van der Waals surface area contributed by atoms with Crippen LogP contribution in [0.15, 0.2) is 66.4 Å². The van der Waals surface area contributed by atoms with E-state index >= 15 is 0 Å². The predicted octanol–water partition coefficient (Wildman–Crippen LogP) is 3.18. The fraction of sp³-hybridized carbons (Fsp3) is 0.0870. The van der Waals surface area contributed by atoms with E-state index in [1.165, 1.54) is 12.1 Å². The molecular formula is C23H17N3O5. The molecule has 2 aromatic carbocycles. The summed E-state index contributed by atoms with van der Waals surface area (Å²) in [6, 6.07) is 15.3. The molecular weight excluding hydrogens is 398 g/mol. The molecule has 0 aliphatic carbocycles. The number of para-hydroxylation sites is 1. The van der Waals surface area contributed by atoms with Crippen molar-refractivity contribution in [3.05, 3.63) is 77.6 Å². The summed E-state index contributed by atoms with van der Waals surface area (Å²) in [5.74, 6) is -0.514. The number of amides is 4. The second kappa shape index (κ2) is 7.17. The van der Waals surface area contributed by atoms with Gasteiger partial charge in [0.15, 0.2) is 11.5 Å². The number of aryl methyl sites for hydroxylation is 1. The van der Waals surface area contributed by atoms with Crippen LogP contribution in [0.5, 0.6) is 11.5 Å². The van der Waals surface area contributed by atoms with Crippen molar-refractivity contribution in [2.24, 2.45) is 0 Å². The number of benzene rings is 2. The first-order chi connectivity index (χ1) is 15.0. The van der Waals surface area contributed by atoms with Crippen LogP contribution in [-0.2, 0) is 9.59 Å². The quantitative estimate of drug-likeness (QED) is 0.524. The van der Waals surface area contributed by atoms with Crippen LogP contribution in [0.25, 0.3) is 11.8 Å². The Morgan fingerprint density at radius 3 is 2.61 bits per heavy atom. The van der Waals surface area contributed by atoms with Gasteiger partial charge in [0.05, 0.1) is 5.69 Å². The third kappa shape index (κ3) is 3.14. The van der Waals surface area contributed by atoms with Gasteiger partial charge in [0.25, 0.3) is 11.8 Å². The van der Waals surface area contributed by atoms with Crippen molar-refractivity contribution >= 4 is 29.6 Å².